The fourth-order valence-corrected chi connectivity index (χ4v) is 2.12. The third-order valence-corrected chi connectivity index (χ3v) is 3.80. The van der Waals surface area contributed by atoms with Crippen molar-refractivity contribution in [2.75, 3.05) is 7.05 Å². The number of rotatable bonds is 4. The van der Waals surface area contributed by atoms with Crippen LogP contribution in [0, 0.1) is 0 Å². The summed E-state index contributed by atoms with van der Waals surface area (Å²) in [6, 6.07) is 1.49. The molecule has 0 unspecified atom stereocenters. The number of carboxylic acids is 1. The zero-order valence-corrected chi connectivity index (χ0v) is 11.5. The molecule has 1 aromatic heterocycles. The van der Waals surface area contributed by atoms with E-state index < -0.39 is 17.4 Å². The maximum absolute atomic E-state index is 12.1. The quantitative estimate of drug-likeness (QED) is 0.847. The number of amides is 1. The highest BCUT2D eigenvalue weighted by Gasteiger charge is 2.36. The summed E-state index contributed by atoms with van der Waals surface area (Å²) in [4.78, 5) is 35.8. The summed E-state index contributed by atoms with van der Waals surface area (Å²) in [6.45, 7) is 4.32. The van der Waals surface area contributed by atoms with Gasteiger partial charge in [-0.3, -0.25) is 9.59 Å². The molecule has 0 saturated carbocycles. The summed E-state index contributed by atoms with van der Waals surface area (Å²) in [5.41, 5.74) is -0.831. The Morgan fingerprint density at radius 1 is 1.33 bits per heavy atom. The minimum Gasteiger partial charge on any atom is -0.480 e. The number of hydrogen-bond donors (Lipinski definition) is 1. The Bertz CT molecular complexity index is 504. The van der Waals surface area contributed by atoms with Crippen LogP contribution in [0.5, 0.6) is 0 Å². The molecule has 1 rings (SSSR count). The van der Waals surface area contributed by atoms with Crippen LogP contribution in [-0.2, 0) is 4.79 Å². The molecule has 0 aliphatic rings. The monoisotopic (exact) mass is 269 g/mol. The predicted octanol–water partition coefficient (Wildman–Crippen LogP) is 1.89. The van der Waals surface area contributed by atoms with E-state index in [0.717, 1.165) is 16.2 Å². The number of likely N-dealkylation sites (N-methyl/N-ethyl adjacent to an activating group) is 1. The van der Waals surface area contributed by atoms with E-state index in [0.29, 0.717) is 10.4 Å². The van der Waals surface area contributed by atoms with Gasteiger partial charge in [-0.15, -0.1) is 11.3 Å². The van der Waals surface area contributed by atoms with Crippen LogP contribution < -0.4 is 0 Å². The molecule has 0 aliphatic carbocycles. The highest BCUT2D eigenvalue weighted by molar-refractivity contribution is 7.12. The Morgan fingerprint density at radius 2 is 1.89 bits per heavy atom. The Kier molecular flexibility index (Phi) is 3.91. The number of nitrogens with zero attached hydrogens (tertiary/aromatic N) is 1. The maximum atomic E-state index is 12.1. The van der Waals surface area contributed by atoms with Gasteiger partial charge in [0.15, 0.2) is 5.78 Å². The van der Waals surface area contributed by atoms with Gasteiger partial charge in [0.1, 0.15) is 5.54 Å². The number of carbonyl (C=O) groups excluding carboxylic acids is 2. The summed E-state index contributed by atoms with van der Waals surface area (Å²) in [5, 5.41) is 10.7. The molecule has 18 heavy (non-hydrogen) atoms. The highest BCUT2D eigenvalue weighted by Crippen LogP contribution is 2.21. The Balaban J connectivity index is 3.00. The van der Waals surface area contributed by atoms with Gasteiger partial charge in [0.25, 0.3) is 5.91 Å². The molecule has 0 fully saturated rings. The zero-order valence-electron chi connectivity index (χ0n) is 10.7. The van der Waals surface area contributed by atoms with E-state index in [1.807, 2.05) is 0 Å². The molecule has 0 aromatic carbocycles. The lowest BCUT2D eigenvalue weighted by Crippen LogP contribution is -2.50. The van der Waals surface area contributed by atoms with Crippen LogP contribution in [0.4, 0.5) is 0 Å². The van der Waals surface area contributed by atoms with E-state index >= 15 is 0 Å². The van der Waals surface area contributed by atoms with Crippen LogP contribution >= 0.6 is 11.3 Å². The lowest BCUT2D eigenvalue weighted by Gasteiger charge is -2.31. The molecule has 6 heteroatoms. The van der Waals surface area contributed by atoms with Crippen molar-refractivity contribution in [3.63, 3.8) is 0 Å². The smallest absolute Gasteiger partial charge is 0.329 e. The van der Waals surface area contributed by atoms with E-state index in [-0.39, 0.29) is 5.78 Å². The Labute approximate surface area is 109 Å². The van der Waals surface area contributed by atoms with Crippen molar-refractivity contribution in [2.45, 2.75) is 26.3 Å². The minimum atomic E-state index is -1.29. The van der Waals surface area contributed by atoms with Gasteiger partial charge in [0.05, 0.1) is 4.88 Å². The first-order valence-corrected chi connectivity index (χ1v) is 6.17. The molecule has 98 valence electrons. The van der Waals surface area contributed by atoms with E-state index in [4.69, 9.17) is 5.11 Å². The lowest BCUT2D eigenvalue weighted by molar-refractivity contribution is -0.147. The number of aliphatic carboxylic acids is 1. The van der Waals surface area contributed by atoms with E-state index in [1.165, 1.54) is 33.9 Å². The van der Waals surface area contributed by atoms with E-state index in [2.05, 4.69) is 0 Å². The molecule has 0 aliphatic heterocycles. The Hall–Kier alpha value is -1.69. The van der Waals surface area contributed by atoms with Crippen molar-refractivity contribution in [3.8, 4) is 0 Å². The minimum absolute atomic E-state index is 0.120. The summed E-state index contributed by atoms with van der Waals surface area (Å²) >= 11 is 1.14. The number of hydrogen-bond acceptors (Lipinski definition) is 4. The van der Waals surface area contributed by atoms with Crippen molar-refractivity contribution in [2.24, 2.45) is 0 Å². The summed E-state index contributed by atoms with van der Waals surface area (Å²) < 4.78 is 0. The molecule has 0 radical (unpaired) electrons. The predicted molar refractivity (Wildman–Crippen MR) is 68.1 cm³/mol. The van der Waals surface area contributed by atoms with Crippen LogP contribution in [0.3, 0.4) is 0 Å². The molecule has 0 bridgehead atoms. The molecule has 0 saturated heterocycles. The maximum Gasteiger partial charge on any atom is 0.329 e. The topological polar surface area (TPSA) is 74.7 Å². The van der Waals surface area contributed by atoms with Crippen molar-refractivity contribution in [1.82, 2.24) is 4.90 Å². The number of Topliss-reactive ketones (excluding diaryl/α,β-unsaturated/α-hetero) is 1. The second kappa shape index (κ2) is 4.89. The Morgan fingerprint density at radius 3 is 2.28 bits per heavy atom. The van der Waals surface area contributed by atoms with Gasteiger partial charge in [-0.2, -0.15) is 0 Å². The molecule has 1 heterocycles. The molecule has 0 atom stereocenters. The number of carboxylic acid groups (broad SMARTS) is 1. The van der Waals surface area contributed by atoms with Crippen LogP contribution in [-0.4, -0.2) is 40.3 Å². The fraction of sp³-hybridized carbons (Fsp3) is 0.417. The van der Waals surface area contributed by atoms with Crippen LogP contribution in [0.15, 0.2) is 11.4 Å². The number of ketones is 1. The van der Waals surface area contributed by atoms with Gasteiger partial charge < -0.3 is 10.0 Å². The average molecular weight is 269 g/mol. The molecule has 0 spiro atoms. The molecule has 1 aromatic rings. The van der Waals surface area contributed by atoms with Crippen molar-refractivity contribution in [3.05, 3.63) is 21.9 Å². The van der Waals surface area contributed by atoms with E-state index in [1.54, 1.807) is 5.38 Å². The molecule has 1 amide bonds. The van der Waals surface area contributed by atoms with Gasteiger partial charge in [0.2, 0.25) is 0 Å². The third-order valence-electron chi connectivity index (χ3n) is 2.88. The van der Waals surface area contributed by atoms with Gasteiger partial charge in [-0.25, -0.2) is 4.79 Å². The highest BCUT2D eigenvalue weighted by atomic mass is 32.1. The third kappa shape index (κ3) is 2.59. The van der Waals surface area contributed by atoms with Crippen molar-refractivity contribution < 1.29 is 19.5 Å². The fourth-order valence-electron chi connectivity index (χ4n) is 1.20. The summed E-state index contributed by atoms with van der Waals surface area (Å²) in [6.07, 6.45) is 0. The standard InChI is InChI=1S/C12H15NO4S/c1-7(14)8-5-9(18-6-8)10(15)13(4)12(2,3)11(16)17/h5-6H,1-4H3,(H,16,17). The first-order chi connectivity index (χ1) is 8.17. The average Bonchev–Trinajstić information content (AvgIpc) is 2.76. The molecular formula is C12H15NO4S. The molecule has 5 nitrogen and oxygen atoms in total. The zero-order chi connectivity index (χ0) is 14.1. The van der Waals surface area contributed by atoms with Crippen LogP contribution in [0.25, 0.3) is 0 Å². The van der Waals surface area contributed by atoms with Crippen LogP contribution in [0.1, 0.15) is 40.8 Å². The normalized spacial score (nSPS) is 11.1. The summed E-state index contributed by atoms with van der Waals surface area (Å²) in [7, 11) is 1.43. The molecular weight excluding hydrogens is 254 g/mol. The van der Waals surface area contributed by atoms with Gasteiger partial charge in [0, 0.05) is 18.0 Å². The van der Waals surface area contributed by atoms with Gasteiger partial charge >= 0.3 is 5.97 Å². The second-order valence-corrected chi connectivity index (χ2v) is 5.40. The lowest BCUT2D eigenvalue weighted by atomic mass is 10.0. The van der Waals surface area contributed by atoms with Crippen molar-refractivity contribution >= 4 is 29.0 Å². The van der Waals surface area contributed by atoms with Crippen molar-refractivity contribution in [1.29, 1.82) is 0 Å². The molecule has 1 N–H and O–H groups in total. The first-order valence-electron chi connectivity index (χ1n) is 5.29. The van der Waals surface area contributed by atoms with Gasteiger partial charge in [-0.1, -0.05) is 0 Å². The number of carbonyl (C=O) groups is 3. The van der Waals surface area contributed by atoms with E-state index in [9.17, 15) is 14.4 Å². The SMILES string of the molecule is CC(=O)c1csc(C(=O)N(C)C(C)(C)C(=O)O)c1. The largest absolute Gasteiger partial charge is 0.480 e. The second-order valence-electron chi connectivity index (χ2n) is 4.48. The summed E-state index contributed by atoms with van der Waals surface area (Å²) in [5.74, 6) is -1.60. The van der Waals surface area contributed by atoms with Gasteiger partial charge in [-0.05, 0) is 26.8 Å². The van der Waals surface area contributed by atoms with Crippen LogP contribution in [0.2, 0.25) is 0 Å². The number of thiophene rings is 1. The first kappa shape index (κ1) is 14.4.